The number of amides is 2. The van der Waals surface area contributed by atoms with E-state index >= 15 is 0 Å². The Morgan fingerprint density at radius 1 is 1.30 bits per heavy atom. The Balaban J connectivity index is 1.88. The summed E-state index contributed by atoms with van der Waals surface area (Å²) in [4.78, 5) is 14.0. The average molecular weight is 318 g/mol. The molecule has 3 rings (SSSR count). The van der Waals surface area contributed by atoms with Gasteiger partial charge in [-0.25, -0.2) is 13.6 Å². The van der Waals surface area contributed by atoms with Crippen molar-refractivity contribution in [2.24, 2.45) is 0 Å². The van der Waals surface area contributed by atoms with Crippen LogP contribution in [-0.4, -0.2) is 18.7 Å². The number of fused-ring (bicyclic) bond motifs is 1. The van der Waals surface area contributed by atoms with E-state index in [0.717, 1.165) is 24.6 Å². The average Bonchev–Trinajstić information content (AvgIpc) is 2.57. The smallest absolute Gasteiger partial charge is 0.326 e. The molecule has 0 radical (unpaired) electrons. The van der Waals surface area contributed by atoms with Gasteiger partial charge in [0.1, 0.15) is 23.5 Å². The maximum atomic E-state index is 13.7. The van der Waals surface area contributed by atoms with E-state index in [1.54, 1.807) is 18.2 Å². The molecular formula is C17H16F2N2O2. The van der Waals surface area contributed by atoms with Crippen LogP contribution in [0.3, 0.4) is 0 Å². The van der Waals surface area contributed by atoms with E-state index in [-0.39, 0.29) is 11.8 Å². The number of carbonyl (C=O) groups is 1. The quantitative estimate of drug-likeness (QED) is 0.903. The van der Waals surface area contributed by atoms with Gasteiger partial charge in [0, 0.05) is 6.07 Å². The molecule has 2 aromatic carbocycles. The van der Waals surface area contributed by atoms with E-state index in [0.29, 0.717) is 18.0 Å². The summed E-state index contributed by atoms with van der Waals surface area (Å²) in [7, 11) is 0. The van der Waals surface area contributed by atoms with Gasteiger partial charge in [0.2, 0.25) is 0 Å². The zero-order valence-corrected chi connectivity index (χ0v) is 12.6. The van der Waals surface area contributed by atoms with Crippen molar-refractivity contribution in [3.05, 3.63) is 54.1 Å². The first-order valence-corrected chi connectivity index (χ1v) is 7.37. The Bertz CT molecular complexity index is 736. The number of hydrogen-bond acceptors (Lipinski definition) is 2. The number of nitrogens with one attached hydrogen (secondary N) is 1. The number of anilines is 2. The maximum Gasteiger partial charge on any atom is 0.326 e. The molecule has 0 fully saturated rings. The van der Waals surface area contributed by atoms with Crippen molar-refractivity contribution in [2.45, 2.75) is 19.4 Å². The number of hydrogen-bond donors (Lipinski definition) is 1. The largest absolute Gasteiger partial charge is 0.486 e. The molecule has 0 unspecified atom stereocenters. The molecule has 4 nitrogen and oxygen atoms in total. The van der Waals surface area contributed by atoms with E-state index in [9.17, 15) is 13.6 Å². The van der Waals surface area contributed by atoms with Crippen LogP contribution < -0.4 is 15.0 Å². The van der Waals surface area contributed by atoms with Crippen molar-refractivity contribution < 1.29 is 18.3 Å². The molecule has 0 bridgehead atoms. The van der Waals surface area contributed by atoms with E-state index in [4.69, 9.17) is 4.74 Å². The molecular weight excluding hydrogens is 302 g/mol. The van der Waals surface area contributed by atoms with Gasteiger partial charge in [0.25, 0.3) is 0 Å². The number of nitrogens with zero attached hydrogens (tertiary/aromatic N) is 1. The van der Waals surface area contributed by atoms with Crippen molar-refractivity contribution in [3.63, 3.8) is 0 Å². The molecule has 0 aromatic heterocycles. The number of urea groups is 1. The molecule has 2 amide bonds. The fourth-order valence-electron chi connectivity index (χ4n) is 2.48. The number of ether oxygens (including phenoxy) is 1. The Kier molecular flexibility index (Phi) is 4.14. The van der Waals surface area contributed by atoms with Crippen LogP contribution in [-0.2, 0) is 0 Å². The van der Waals surface area contributed by atoms with Crippen LogP contribution >= 0.6 is 0 Å². The van der Waals surface area contributed by atoms with Gasteiger partial charge in [-0.1, -0.05) is 19.1 Å². The second kappa shape index (κ2) is 6.24. The second-order valence-corrected chi connectivity index (χ2v) is 5.28. The molecule has 2 aromatic rings. The maximum absolute atomic E-state index is 13.7. The van der Waals surface area contributed by atoms with Gasteiger partial charge in [0.05, 0.1) is 17.9 Å². The fourth-order valence-corrected chi connectivity index (χ4v) is 2.48. The van der Waals surface area contributed by atoms with E-state index in [2.05, 4.69) is 5.32 Å². The minimum atomic E-state index is -0.687. The zero-order chi connectivity index (χ0) is 16.4. The van der Waals surface area contributed by atoms with E-state index in [1.807, 2.05) is 13.0 Å². The van der Waals surface area contributed by atoms with Gasteiger partial charge >= 0.3 is 6.03 Å². The van der Waals surface area contributed by atoms with Gasteiger partial charge in [-0.3, -0.25) is 4.90 Å². The summed E-state index contributed by atoms with van der Waals surface area (Å²) < 4.78 is 32.8. The summed E-state index contributed by atoms with van der Waals surface area (Å²) in [6, 6.07) is 9.55. The molecule has 1 heterocycles. The molecule has 1 atom stereocenters. The first kappa shape index (κ1) is 15.3. The lowest BCUT2D eigenvalue weighted by atomic mass is 10.1. The summed E-state index contributed by atoms with van der Waals surface area (Å²) in [5.41, 5.74) is 0.415. The Hall–Kier alpha value is -2.63. The van der Waals surface area contributed by atoms with Crippen LogP contribution in [0, 0.1) is 11.6 Å². The lowest BCUT2D eigenvalue weighted by Crippen LogP contribution is -2.45. The summed E-state index contributed by atoms with van der Waals surface area (Å²) in [5, 5.41) is 2.42. The van der Waals surface area contributed by atoms with Crippen LogP contribution in [0.2, 0.25) is 0 Å². The highest BCUT2D eigenvalue weighted by atomic mass is 19.1. The van der Waals surface area contributed by atoms with Crippen LogP contribution in [0.4, 0.5) is 25.0 Å². The monoisotopic (exact) mass is 318 g/mol. The summed E-state index contributed by atoms with van der Waals surface area (Å²) >= 11 is 0. The van der Waals surface area contributed by atoms with Crippen molar-refractivity contribution in [3.8, 4) is 5.75 Å². The highest BCUT2D eigenvalue weighted by molar-refractivity contribution is 6.03. The normalized spacial score (nSPS) is 16.5. The standard InChI is InChI=1S/C17H16F2N2O2/c1-2-12-10-21(15-5-3-4-6-16(15)23-12)17(22)20-14-9-11(18)7-8-13(14)19/h3-9,12H,2,10H2,1H3,(H,20,22)/t12-/m0/s1. The highest BCUT2D eigenvalue weighted by Gasteiger charge is 2.29. The molecule has 120 valence electrons. The predicted octanol–water partition coefficient (Wildman–Crippen LogP) is 4.17. The number of rotatable bonds is 2. The van der Waals surface area contributed by atoms with Crippen molar-refractivity contribution >= 4 is 17.4 Å². The molecule has 0 saturated heterocycles. The lowest BCUT2D eigenvalue weighted by Gasteiger charge is -2.34. The highest BCUT2D eigenvalue weighted by Crippen LogP contribution is 2.34. The third-order valence-electron chi connectivity index (χ3n) is 3.71. The summed E-state index contributed by atoms with van der Waals surface area (Å²) in [5.74, 6) is -0.704. The minimum absolute atomic E-state index is 0.145. The molecule has 0 saturated carbocycles. The van der Waals surface area contributed by atoms with E-state index in [1.165, 1.54) is 4.90 Å². The molecule has 1 aliphatic rings. The fraction of sp³-hybridized carbons (Fsp3) is 0.235. The van der Waals surface area contributed by atoms with E-state index < -0.39 is 17.7 Å². The van der Waals surface area contributed by atoms with Crippen LogP contribution in [0.1, 0.15) is 13.3 Å². The van der Waals surface area contributed by atoms with Gasteiger partial charge < -0.3 is 10.1 Å². The van der Waals surface area contributed by atoms with Gasteiger partial charge in [0.15, 0.2) is 0 Å². The van der Waals surface area contributed by atoms with Crippen LogP contribution in [0.25, 0.3) is 0 Å². The number of para-hydroxylation sites is 2. The number of benzene rings is 2. The lowest BCUT2D eigenvalue weighted by molar-refractivity contribution is 0.188. The van der Waals surface area contributed by atoms with Crippen molar-refractivity contribution in [2.75, 3.05) is 16.8 Å². The third kappa shape index (κ3) is 3.11. The van der Waals surface area contributed by atoms with Gasteiger partial charge in [-0.05, 0) is 30.7 Å². The SMILES string of the molecule is CC[C@H]1CN(C(=O)Nc2cc(F)ccc2F)c2ccccc2O1. The molecule has 0 aliphatic carbocycles. The predicted molar refractivity (Wildman–Crippen MR) is 83.9 cm³/mol. The molecule has 6 heteroatoms. The summed E-state index contributed by atoms with van der Waals surface area (Å²) in [6.07, 6.45) is 0.583. The molecule has 1 N–H and O–H groups in total. The topological polar surface area (TPSA) is 41.6 Å². The van der Waals surface area contributed by atoms with Crippen LogP contribution in [0.15, 0.2) is 42.5 Å². The second-order valence-electron chi connectivity index (χ2n) is 5.28. The van der Waals surface area contributed by atoms with Gasteiger partial charge in [-0.2, -0.15) is 0 Å². The summed E-state index contributed by atoms with van der Waals surface area (Å²) in [6.45, 7) is 2.30. The van der Waals surface area contributed by atoms with Crippen LogP contribution in [0.5, 0.6) is 5.75 Å². The Morgan fingerprint density at radius 3 is 2.87 bits per heavy atom. The first-order valence-electron chi connectivity index (χ1n) is 7.37. The number of carbonyl (C=O) groups excluding carboxylic acids is 1. The molecule has 23 heavy (non-hydrogen) atoms. The first-order chi connectivity index (χ1) is 11.1. The Morgan fingerprint density at radius 2 is 2.09 bits per heavy atom. The van der Waals surface area contributed by atoms with Gasteiger partial charge in [-0.15, -0.1) is 0 Å². The van der Waals surface area contributed by atoms with Crippen molar-refractivity contribution in [1.29, 1.82) is 0 Å². The third-order valence-corrected chi connectivity index (χ3v) is 3.71. The zero-order valence-electron chi connectivity index (χ0n) is 12.6. The Labute approximate surface area is 132 Å². The number of halogens is 2. The van der Waals surface area contributed by atoms with Crippen molar-refractivity contribution in [1.82, 2.24) is 0 Å². The molecule has 1 aliphatic heterocycles. The minimum Gasteiger partial charge on any atom is -0.486 e. The molecule has 0 spiro atoms.